The largest absolute Gasteiger partial charge is 0.506 e. The van der Waals surface area contributed by atoms with E-state index in [9.17, 15) is 9.90 Å². The number of carboxylic acids is 1. The van der Waals surface area contributed by atoms with Crippen molar-refractivity contribution in [3.05, 3.63) is 27.2 Å². The Kier molecular flexibility index (Phi) is 3.40. The van der Waals surface area contributed by atoms with Crippen LogP contribution in [-0.2, 0) is 24.1 Å². The molecule has 1 aromatic carbocycles. The number of nitrogens with two attached hydrogens (primary N) is 1. The Morgan fingerprint density at radius 1 is 1.53 bits per heavy atom. The van der Waals surface area contributed by atoms with Gasteiger partial charge in [-0.15, -0.1) is 0 Å². The van der Waals surface area contributed by atoms with Crippen LogP contribution in [0.5, 0.6) is 5.75 Å². The topological polar surface area (TPSA) is 83.5 Å². The van der Waals surface area contributed by atoms with E-state index in [4.69, 9.17) is 10.8 Å². The molecular formula is C12H14BrNO3. The predicted molar refractivity (Wildman–Crippen MR) is 67.1 cm³/mol. The van der Waals surface area contributed by atoms with Gasteiger partial charge in [-0.1, -0.05) is 6.07 Å². The molecule has 1 aliphatic carbocycles. The molecule has 0 heterocycles. The molecule has 0 spiro atoms. The summed E-state index contributed by atoms with van der Waals surface area (Å²) in [7, 11) is 0. The van der Waals surface area contributed by atoms with Gasteiger partial charge in [0.25, 0.3) is 0 Å². The van der Waals surface area contributed by atoms with Crippen LogP contribution in [0, 0.1) is 0 Å². The summed E-state index contributed by atoms with van der Waals surface area (Å²) in [5.74, 6) is -0.927. The third kappa shape index (κ3) is 2.30. The van der Waals surface area contributed by atoms with Gasteiger partial charge in [-0.25, -0.2) is 0 Å². The summed E-state index contributed by atoms with van der Waals surface area (Å²) >= 11 is 3.37. The first kappa shape index (κ1) is 12.4. The van der Waals surface area contributed by atoms with Crippen LogP contribution in [0.25, 0.3) is 0 Å². The van der Waals surface area contributed by atoms with Crippen LogP contribution in [0.4, 0.5) is 0 Å². The van der Waals surface area contributed by atoms with Crippen molar-refractivity contribution in [1.29, 1.82) is 0 Å². The van der Waals surface area contributed by atoms with Crippen LogP contribution in [0.2, 0.25) is 0 Å². The molecule has 0 saturated heterocycles. The number of fused-ring (bicyclic) bond motifs is 1. The lowest BCUT2D eigenvalue weighted by atomic mass is 10.00. The molecule has 4 N–H and O–H groups in total. The SMILES string of the molecule is NC(Cc1cc2c(c(Br)c1O)CCC2)C(=O)O. The van der Waals surface area contributed by atoms with Crippen LogP contribution in [0.15, 0.2) is 10.5 Å². The Morgan fingerprint density at radius 2 is 2.24 bits per heavy atom. The van der Waals surface area contributed by atoms with E-state index < -0.39 is 12.0 Å². The summed E-state index contributed by atoms with van der Waals surface area (Å²) in [4.78, 5) is 10.7. The summed E-state index contributed by atoms with van der Waals surface area (Å²) in [6.45, 7) is 0. The second-order valence-corrected chi connectivity index (χ2v) is 5.13. The maximum atomic E-state index is 10.7. The molecule has 17 heavy (non-hydrogen) atoms. The van der Waals surface area contributed by atoms with E-state index in [0.717, 1.165) is 24.8 Å². The monoisotopic (exact) mass is 299 g/mol. The van der Waals surface area contributed by atoms with Crippen LogP contribution in [-0.4, -0.2) is 22.2 Å². The minimum Gasteiger partial charge on any atom is -0.506 e. The van der Waals surface area contributed by atoms with Crippen molar-refractivity contribution in [1.82, 2.24) is 0 Å². The number of halogens is 1. The normalized spacial score (nSPS) is 15.6. The van der Waals surface area contributed by atoms with Gasteiger partial charge in [0.05, 0.1) is 4.47 Å². The van der Waals surface area contributed by atoms with Gasteiger partial charge in [-0.2, -0.15) is 0 Å². The molecule has 0 aromatic heterocycles. The van der Waals surface area contributed by atoms with E-state index in [1.54, 1.807) is 0 Å². The average molecular weight is 300 g/mol. The number of aromatic hydroxyl groups is 1. The second kappa shape index (κ2) is 4.66. The number of hydrogen-bond acceptors (Lipinski definition) is 3. The first-order chi connectivity index (χ1) is 8.00. The minimum atomic E-state index is -1.05. The third-order valence-corrected chi connectivity index (χ3v) is 4.00. The quantitative estimate of drug-likeness (QED) is 0.791. The first-order valence-corrected chi connectivity index (χ1v) is 6.30. The standard InChI is InChI=1S/C12H14BrNO3/c13-10-8-3-1-2-6(8)4-7(11(10)15)5-9(14)12(16)17/h4,9,15H,1-3,5,14H2,(H,16,17). The molecule has 1 aromatic rings. The molecule has 2 rings (SSSR count). The molecule has 0 radical (unpaired) electrons. The number of benzene rings is 1. The van der Waals surface area contributed by atoms with E-state index in [-0.39, 0.29) is 12.2 Å². The number of aryl methyl sites for hydroxylation is 1. The zero-order valence-electron chi connectivity index (χ0n) is 9.24. The highest BCUT2D eigenvalue weighted by atomic mass is 79.9. The number of carbonyl (C=O) groups is 1. The fraction of sp³-hybridized carbons (Fsp3) is 0.417. The Labute approximate surface area is 108 Å². The maximum Gasteiger partial charge on any atom is 0.320 e. The molecule has 4 nitrogen and oxygen atoms in total. The van der Waals surface area contributed by atoms with Crippen LogP contribution in [0.1, 0.15) is 23.1 Å². The van der Waals surface area contributed by atoms with E-state index in [2.05, 4.69) is 15.9 Å². The van der Waals surface area contributed by atoms with Gasteiger partial charge in [-0.05, 0) is 51.9 Å². The number of rotatable bonds is 3. The lowest BCUT2D eigenvalue weighted by molar-refractivity contribution is -0.138. The minimum absolute atomic E-state index is 0.127. The lowest BCUT2D eigenvalue weighted by Gasteiger charge is -2.13. The van der Waals surface area contributed by atoms with Gasteiger partial charge in [0.2, 0.25) is 0 Å². The Balaban J connectivity index is 2.36. The van der Waals surface area contributed by atoms with Gasteiger partial charge in [-0.3, -0.25) is 4.79 Å². The molecule has 0 aliphatic heterocycles. The summed E-state index contributed by atoms with van der Waals surface area (Å²) in [5, 5.41) is 18.8. The van der Waals surface area contributed by atoms with E-state index in [1.165, 1.54) is 5.56 Å². The Morgan fingerprint density at radius 3 is 2.88 bits per heavy atom. The molecule has 1 aliphatic rings. The Bertz CT molecular complexity index is 473. The number of carboxylic acid groups (broad SMARTS) is 1. The van der Waals surface area contributed by atoms with E-state index in [1.807, 2.05) is 6.07 Å². The first-order valence-electron chi connectivity index (χ1n) is 5.51. The van der Waals surface area contributed by atoms with Crippen molar-refractivity contribution in [2.45, 2.75) is 31.7 Å². The highest BCUT2D eigenvalue weighted by molar-refractivity contribution is 9.10. The van der Waals surface area contributed by atoms with E-state index >= 15 is 0 Å². The van der Waals surface area contributed by atoms with Gasteiger partial charge in [0, 0.05) is 6.42 Å². The fourth-order valence-corrected chi connectivity index (χ4v) is 2.93. The molecule has 5 heteroatoms. The van der Waals surface area contributed by atoms with Crippen LogP contribution in [0.3, 0.4) is 0 Å². The highest BCUT2D eigenvalue weighted by Gasteiger charge is 2.22. The van der Waals surface area contributed by atoms with Gasteiger partial charge in [0.1, 0.15) is 11.8 Å². The smallest absolute Gasteiger partial charge is 0.320 e. The molecule has 92 valence electrons. The molecule has 0 fully saturated rings. The fourth-order valence-electron chi connectivity index (χ4n) is 2.22. The maximum absolute atomic E-state index is 10.7. The lowest BCUT2D eigenvalue weighted by Crippen LogP contribution is -2.32. The molecular weight excluding hydrogens is 286 g/mol. The van der Waals surface area contributed by atoms with Crippen molar-refractivity contribution in [3.8, 4) is 5.75 Å². The molecule has 0 bridgehead atoms. The number of hydrogen-bond donors (Lipinski definition) is 3. The van der Waals surface area contributed by atoms with Crippen molar-refractivity contribution in [3.63, 3.8) is 0 Å². The van der Waals surface area contributed by atoms with Crippen LogP contribution >= 0.6 is 15.9 Å². The van der Waals surface area contributed by atoms with Crippen LogP contribution < -0.4 is 5.73 Å². The van der Waals surface area contributed by atoms with Gasteiger partial charge in [0.15, 0.2) is 0 Å². The third-order valence-electron chi connectivity index (χ3n) is 3.14. The van der Waals surface area contributed by atoms with Crippen molar-refractivity contribution in [2.75, 3.05) is 0 Å². The predicted octanol–water partition coefficient (Wildman–Crippen LogP) is 1.60. The van der Waals surface area contributed by atoms with Crippen molar-refractivity contribution >= 4 is 21.9 Å². The number of aliphatic carboxylic acids is 1. The number of phenolic OH excluding ortho intramolecular Hbond substituents is 1. The van der Waals surface area contributed by atoms with Crippen molar-refractivity contribution < 1.29 is 15.0 Å². The molecule has 0 saturated carbocycles. The summed E-state index contributed by atoms with van der Waals surface area (Å²) < 4.78 is 0.695. The zero-order valence-corrected chi connectivity index (χ0v) is 10.8. The highest BCUT2D eigenvalue weighted by Crippen LogP contribution is 2.38. The van der Waals surface area contributed by atoms with Gasteiger partial charge >= 0.3 is 5.97 Å². The molecule has 0 amide bonds. The second-order valence-electron chi connectivity index (χ2n) is 4.34. The molecule has 1 unspecified atom stereocenters. The van der Waals surface area contributed by atoms with E-state index in [0.29, 0.717) is 10.0 Å². The van der Waals surface area contributed by atoms with Gasteiger partial charge < -0.3 is 15.9 Å². The van der Waals surface area contributed by atoms with Crippen molar-refractivity contribution in [2.24, 2.45) is 5.73 Å². The summed E-state index contributed by atoms with van der Waals surface area (Å²) in [6, 6.07) is 0.901. The Hall–Kier alpha value is -1.07. The molecule has 1 atom stereocenters. The summed E-state index contributed by atoms with van der Waals surface area (Å²) in [6.07, 6.45) is 3.15. The number of phenols is 1. The summed E-state index contributed by atoms with van der Waals surface area (Å²) in [5.41, 5.74) is 8.41. The zero-order chi connectivity index (χ0) is 12.6. The average Bonchev–Trinajstić information content (AvgIpc) is 2.73.